The third kappa shape index (κ3) is 3.23. The summed E-state index contributed by atoms with van der Waals surface area (Å²) in [5.74, 6) is 0. The van der Waals surface area contributed by atoms with Gasteiger partial charge in [0, 0.05) is 48.8 Å². The molecule has 0 unspecified atom stereocenters. The second-order valence-corrected chi connectivity index (χ2v) is 6.25. The van der Waals surface area contributed by atoms with Crippen molar-refractivity contribution in [2.75, 3.05) is 36.8 Å². The van der Waals surface area contributed by atoms with Crippen LogP contribution in [0.3, 0.4) is 0 Å². The minimum absolute atomic E-state index is 0.651. The van der Waals surface area contributed by atoms with E-state index in [0.717, 1.165) is 43.4 Å². The van der Waals surface area contributed by atoms with Crippen LogP contribution in [0.1, 0.15) is 5.69 Å². The Morgan fingerprint density at radius 3 is 2.70 bits per heavy atom. The van der Waals surface area contributed by atoms with Crippen LogP contribution in [0.25, 0.3) is 0 Å². The molecule has 106 valence electrons. The molecular formula is C14H17ClN4S. The second kappa shape index (κ2) is 5.99. The highest BCUT2D eigenvalue weighted by Gasteiger charge is 2.18. The maximum atomic E-state index is 6.05. The highest BCUT2D eigenvalue weighted by atomic mass is 35.5. The lowest BCUT2D eigenvalue weighted by Gasteiger charge is -2.35. The van der Waals surface area contributed by atoms with E-state index in [-0.39, 0.29) is 0 Å². The largest absolute Gasteiger partial charge is 0.375 e. The summed E-state index contributed by atoms with van der Waals surface area (Å²) < 4.78 is 0. The molecule has 20 heavy (non-hydrogen) atoms. The lowest BCUT2D eigenvalue weighted by Crippen LogP contribution is -2.46. The number of nitrogens with two attached hydrogens (primary N) is 1. The molecule has 0 bridgehead atoms. The molecule has 2 aromatic rings. The molecular weight excluding hydrogens is 292 g/mol. The SMILES string of the molecule is Nc1nc(CN2CCN(c3cccc(Cl)c3)CC2)cs1. The van der Waals surface area contributed by atoms with Crippen molar-refractivity contribution in [3.05, 3.63) is 40.4 Å². The molecule has 2 heterocycles. The quantitative estimate of drug-likeness (QED) is 0.947. The van der Waals surface area contributed by atoms with Gasteiger partial charge < -0.3 is 10.6 Å². The maximum Gasteiger partial charge on any atom is 0.180 e. The molecule has 2 N–H and O–H groups in total. The highest BCUT2D eigenvalue weighted by Crippen LogP contribution is 2.21. The van der Waals surface area contributed by atoms with Gasteiger partial charge in [-0.15, -0.1) is 11.3 Å². The molecule has 0 radical (unpaired) electrons. The summed E-state index contributed by atoms with van der Waals surface area (Å²) in [4.78, 5) is 9.10. The predicted molar refractivity (Wildman–Crippen MR) is 85.5 cm³/mol. The summed E-state index contributed by atoms with van der Waals surface area (Å²) in [6, 6.07) is 8.05. The Balaban J connectivity index is 1.57. The molecule has 0 atom stereocenters. The number of nitrogens with zero attached hydrogens (tertiary/aromatic N) is 3. The predicted octanol–water partition coefficient (Wildman–Crippen LogP) is 2.70. The Kier molecular flexibility index (Phi) is 4.10. The number of anilines is 2. The van der Waals surface area contributed by atoms with E-state index >= 15 is 0 Å². The van der Waals surface area contributed by atoms with Crippen LogP contribution < -0.4 is 10.6 Å². The van der Waals surface area contributed by atoms with Gasteiger partial charge in [0.15, 0.2) is 5.13 Å². The monoisotopic (exact) mass is 308 g/mol. The Labute approximate surface area is 127 Å². The number of piperazine rings is 1. The van der Waals surface area contributed by atoms with E-state index in [1.807, 2.05) is 23.6 Å². The zero-order valence-electron chi connectivity index (χ0n) is 11.1. The number of halogens is 1. The topological polar surface area (TPSA) is 45.4 Å². The fourth-order valence-corrected chi connectivity index (χ4v) is 3.20. The molecule has 4 nitrogen and oxygen atoms in total. The number of hydrogen-bond donors (Lipinski definition) is 1. The van der Waals surface area contributed by atoms with Gasteiger partial charge >= 0.3 is 0 Å². The van der Waals surface area contributed by atoms with Crippen molar-refractivity contribution in [1.29, 1.82) is 0 Å². The van der Waals surface area contributed by atoms with Gasteiger partial charge in [-0.1, -0.05) is 17.7 Å². The van der Waals surface area contributed by atoms with E-state index in [0.29, 0.717) is 5.13 Å². The lowest BCUT2D eigenvalue weighted by molar-refractivity contribution is 0.247. The molecule has 1 aromatic heterocycles. The zero-order valence-corrected chi connectivity index (χ0v) is 12.7. The highest BCUT2D eigenvalue weighted by molar-refractivity contribution is 7.13. The fourth-order valence-electron chi connectivity index (χ4n) is 2.46. The molecule has 1 aromatic carbocycles. The van der Waals surface area contributed by atoms with Crippen molar-refractivity contribution in [3.63, 3.8) is 0 Å². The lowest BCUT2D eigenvalue weighted by atomic mass is 10.2. The van der Waals surface area contributed by atoms with Crippen molar-refractivity contribution >= 4 is 33.8 Å². The van der Waals surface area contributed by atoms with Crippen LogP contribution in [0, 0.1) is 0 Å². The Morgan fingerprint density at radius 1 is 1.25 bits per heavy atom. The van der Waals surface area contributed by atoms with Crippen molar-refractivity contribution in [2.24, 2.45) is 0 Å². The Hall–Kier alpha value is -1.30. The first-order chi connectivity index (χ1) is 9.70. The summed E-state index contributed by atoms with van der Waals surface area (Å²) in [5, 5.41) is 3.49. The van der Waals surface area contributed by atoms with Crippen LogP contribution in [0.5, 0.6) is 0 Å². The van der Waals surface area contributed by atoms with Crippen LogP contribution in [-0.2, 0) is 6.54 Å². The third-order valence-corrected chi connectivity index (χ3v) is 4.46. The molecule has 0 saturated carbocycles. The van der Waals surface area contributed by atoms with Gasteiger partial charge in [0.05, 0.1) is 5.69 Å². The number of aromatic nitrogens is 1. The Bertz CT molecular complexity index is 578. The number of hydrogen-bond acceptors (Lipinski definition) is 5. The molecule has 1 aliphatic rings. The van der Waals surface area contributed by atoms with Gasteiger partial charge in [-0.05, 0) is 18.2 Å². The van der Waals surface area contributed by atoms with Crippen LogP contribution in [0.2, 0.25) is 5.02 Å². The normalized spacial score (nSPS) is 16.6. The first-order valence-electron chi connectivity index (χ1n) is 6.63. The molecule has 1 saturated heterocycles. The summed E-state index contributed by atoms with van der Waals surface area (Å²) in [7, 11) is 0. The molecule has 0 spiro atoms. The number of thiazole rings is 1. The van der Waals surface area contributed by atoms with Crippen molar-refractivity contribution < 1.29 is 0 Å². The third-order valence-electron chi connectivity index (χ3n) is 3.50. The fraction of sp³-hybridized carbons (Fsp3) is 0.357. The maximum absolute atomic E-state index is 6.05. The van der Waals surface area contributed by atoms with Gasteiger partial charge in [0.2, 0.25) is 0 Å². The number of benzene rings is 1. The van der Waals surface area contributed by atoms with Crippen molar-refractivity contribution in [2.45, 2.75) is 6.54 Å². The number of nitrogen functional groups attached to an aromatic ring is 1. The smallest absolute Gasteiger partial charge is 0.180 e. The van der Waals surface area contributed by atoms with Crippen molar-refractivity contribution in [3.8, 4) is 0 Å². The molecule has 1 aliphatic heterocycles. The van der Waals surface area contributed by atoms with E-state index in [9.17, 15) is 0 Å². The zero-order chi connectivity index (χ0) is 13.9. The molecule has 1 fully saturated rings. The van der Waals surface area contributed by atoms with E-state index in [1.165, 1.54) is 17.0 Å². The van der Waals surface area contributed by atoms with E-state index in [1.54, 1.807) is 0 Å². The number of rotatable bonds is 3. The van der Waals surface area contributed by atoms with Gasteiger partial charge in [0.25, 0.3) is 0 Å². The van der Waals surface area contributed by atoms with Gasteiger partial charge in [-0.25, -0.2) is 4.98 Å². The van der Waals surface area contributed by atoms with Gasteiger partial charge in [-0.2, -0.15) is 0 Å². The van der Waals surface area contributed by atoms with Crippen LogP contribution >= 0.6 is 22.9 Å². The Morgan fingerprint density at radius 2 is 2.05 bits per heavy atom. The summed E-state index contributed by atoms with van der Waals surface area (Å²) >= 11 is 7.55. The standard InChI is InChI=1S/C14H17ClN4S/c15-11-2-1-3-13(8-11)19-6-4-18(5-7-19)9-12-10-20-14(16)17-12/h1-3,8,10H,4-7,9H2,(H2,16,17). The molecule has 0 aliphatic carbocycles. The molecule has 0 amide bonds. The van der Waals surface area contributed by atoms with Crippen LogP contribution in [-0.4, -0.2) is 36.1 Å². The first kappa shape index (κ1) is 13.7. The van der Waals surface area contributed by atoms with E-state index < -0.39 is 0 Å². The van der Waals surface area contributed by atoms with E-state index in [2.05, 4.69) is 20.9 Å². The van der Waals surface area contributed by atoms with Crippen molar-refractivity contribution in [1.82, 2.24) is 9.88 Å². The van der Waals surface area contributed by atoms with E-state index in [4.69, 9.17) is 17.3 Å². The minimum Gasteiger partial charge on any atom is -0.375 e. The van der Waals surface area contributed by atoms with Gasteiger partial charge in [0.1, 0.15) is 0 Å². The summed E-state index contributed by atoms with van der Waals surface area (Å²) in [5.41, 5.74) is 7.94. The summed E-state index contributed by atoms with van der Waals surface area (Å²) in [6.07, 6.45) is 0. The second-order valence-electron chi connectivity index (χ2n) is 4.92. The average molecular weight is 309 g/mol. The van der Waals surface area contributed by atoms with Crippen LogP contribution in [0.15, 0.2) is 29.6 Å². The average Bonchev–Trinajstić information content (AvgIpc) is 2.85. The minimum atomic E-state index is 0.651. The molecule has 6 heteroatoms. The van der Waals surface area contributed by atoms with Gasteiger partial charge in [-0.3, -0.25) is 4.90 Å². The van der Waals surface area contributed by atoms with Crippen LogP contribution in [0.4, 0.5) is 10.8 Å². The first-order valence-corrected chi connectivity index (χ1v) is 7.89. The summed E-state index contributed by atoms with van der Waals surface area (Å²) in [6.45, 7) is 4.98. The molecule has 3 rings (SSSR count).